The van der Waals surface area contributed by atoms with Crippen molar-refractivity contribution in [2.24, 2.45) is 11.8 Å². The van der Waals surface area contributed by atoms with Crippen LogP contribution in [-0.4, -0.2) is 26.2 Å². The van der Waals surface area contributed by atoms with Crippen molar-refractivity contribution in [3.05, 3.63) is 0 Å². The molecular weight excluding hydrogens is 172 g/mol. The van der Waals surface area contributed by atoms with E-state index >= 15 is 0 Å². The Kier molecular flexibility index (Phi) is 6.20. The molecule has 2 atom stereocenters. The lowest BCUT2D eigenvalue weighted by Gasteiger charge is -2.11. The smallest absolute Gasteiger partial charge is 0.00768 e. The Morgan fingerprint density at radius 2 is 1.71 bits per heavy atom. The van der Waals surface area contributed by atoms with Crippen LogP contribution in [0.1, 0.15) is 39.5 Å². The summed E-state index contributed by atoms with van der Waals surface area (Å²) in [6.45, 7) is 9.04. The highest BCUT2D eigenvalue weighted by Gasteiger charge is 2.22. The summed E-state index contributed by atoms with van der Waals surface area (Å²) in [5.74, 6) is 1.98. The maximum absolute atomic E-state index is 3.54. The van der Waals surface area contributed by atoms with Gasteiger partial charge in [0.25, 0.3) is 0 Å². The van der Waals surface area contributed by atoms with Crippen molar-refractivity contribution in [3.63, 3.8) is 0 Å². The molecule has 14 heavy (non-hydrogen) atoms. The lowest BCUT2D eigenvalue weighted by atomic mass is 10.0. The van der Waals surface area contributed by atoms with Gasteiger partial charge in [0.2, 0.25) is 0 Å². The number of hydrogen-bond donors (Lipinski definition) is 2. The summed E-state index contributed by atoms with van der Waals surface area (Å²) in [4.78, 5) is 0. The minimum Gasteiger partial charge on any atom is -0.316 e. The molecule has 2 nitrogen and oxygen atoms in total. The van der Waals surface area contributed by atoms with Gasteiger partial charge in [-0.15, -0.1) is 0 Å². The van der Waals surface area contributed by atoms with Crippen molar-refractivity contribution in [1.82, 2.24) is 10.6 Å². The first-order valence-electron chi connectivity index (χ1n) is 6.28. The number of rotatable bonds is 7. The zero-order valence-corrected chi connectivity index (χ0v) is 9.81. The third kappa shape index (κ3) is 4.43. The highest BCUT2D eigenvalue weighted by molar-refractivity contribution is 4.76. The quantitative estimate of drug-likeness (QED) is 0.612. The van der Waals surface area contributed by atoms with Gasteiger partial charge in [-0.1, -0.05) is 26.7 Å². The topological polar surface area (TPSA) is 24.1 Å². The largest absolute Gasteiger partial charge is 0.316 e. The molecule has 1 aliphatic carbocycles. The van der Waals surface area contributed by atoms with Crippen LogP contribution < -0.4 is 10.6 Å². The van der Waals surface area contributed by atoms with Gasteiger partial charge >= 0.3 is 0 Å². The third-order valence-electron chi connectivity index (χ3n) is 3.39. The van der Waals surface area contributed by atoms with Crippen LogP contribution in [0.2, 0.25) is 0 Å². The zero-order valence-electron chi connectivity index (χ0n) is 9.81. The van der Waals surface area contributed by atoms with Crippen molar-refractivity contribution in [3.8, 4) is 0 Å². The van der Waals surface area contributed by atoms with Crippen molar-refractivity contribution in [1.29, 1.82) is 0 Å². The summed E-state index contributed by atoms with van der Waals surface area (Å²) < 4.78 is 0. The molecule has 1 fully saturated rings. The van der Waals surface area contributed by atoms with E-state index in [0.717, 1.165) is 31.5 Å². The van der Waals surface area contributed by atoms with Gasteiger partial charge < -0.3 is 10.6 Å². The minimum atomic E-state index is 0.960. The second kappa shape index (κ2) is 7.24. The molecule has 0 aromatic rings. The molecule has 0 aromatic heterocycles. The summed E-state index contributed by atoms with van der Waals surface area (Å²) in [7, 11) is 0. The van der Waals surface area contributed by atoms with Gasteiger partial charge in [-0.2, -0.15) is 0 Å². The Balaban J connectivity index is 1.92. The number of nitrogens with one attached hydrogen (secondary N) is 2. The fraction of sp³-hybridized carbons (Fsp3) is 1.00. The Bertz CT molecular complexity index is 136. The van der Waals surface area contributed by atoms with E-state index in [0.29, 0.717) is 0 Å². The van der Waals surface area contributed by atoms with Crippen LogP contribution in [0.3, 0.4) is 0 Å². The van der Waals surface area contributed by atoms with E-state index in [1.54, 1.807) is 0 Å². The fourth-order valence-electron chi connectivity index (χ4n) is 2.39. The Morgan fingerprint density at radius 3 is 2.36 bits per heavy atom. The SMILES string of the molecule is CCNCCNCC1CCC(CC)C1. The second-order valence-corrected chi connectivity index (χ2v) is 4.51. The summed E-state index contributed by atoms with van der Waals surface area (Å²) in [5, 5.41) is 6.88. The van der Waals surface area contributed by atoms with E-state index in [1.807, 2.05) is 0 Å². The summed E-state index contributed by atoms with van der Waals surface area (Å²) >= 11 is 0. The molecule has 0 heterocycles. The van der Waals surface area contributed by atoms with Crippen LogP contribution in [0.25, 0.3) is 0 Å². The lowest BCUT2D eigenvalue weighted by molar-refractivity contribution is 0.451. The Hall–Kier alpha value is -0.0800. The number of likely N-dealkylation sites (N-methyl/N-ethyl adjacent to an activating group) is 1. The Labute approximate surface area is 88.8 Å². The molecule has 1 aliphatic rings. The number of hydrogen-bond acceptors (Lipinski definition) is 2. The van der Waals surface area contributed by atoms with Crippen molar-refractivity contribution >= 4 is 0 Å². The molecule has 0 spiro atoms. The predicted molar refractivity (Wildman–Crippen MR) is 62.5 cm³/mol. The van der Waals surface area contributed by atoms with Gasteiger partial charge in [-0.05, 0) is 37.8 Å². The van der Waals surface area contributed by atoms with E-state index in [9.17, 15) is 0 Å². The van der Waals surface area contributed by atoms with Gasteiger partial charge in [0.1, 0.15) is 0 Å². The standard InChI is InChI=1S/C12H26N2/c1-3-11-5-6-12(9-11)10-14-8-7-13-4-2/h11-14H,3-10H2,1-2H3. The molecule has 0 saturated heterocycles. The molecule has 1 saturated carbocycles. The monoisotopic (exact) mass is 198 g/mol. The lowest BCUT2D eigenvalue weighted by Crippen LogP contribution is -2.30. The highest BCUT2D eigenvalue weighted by Crippen LogP contribution is 2.32. The normalized spacial score (nSPS) is 27.0. The van der Waals surface area contributed by atoms with Crippen LogP contribution in [-0.2, 0) is 0 Å². The van der Waals surface area contributed by atoms with E-state index in [1.165, 1.54) is 32.2 Å². The Morgan fingerprint density at radius 1 is 1.00 bits per heavy atom. The third-order valence-corrected chi connectivity index (χ3v) is 3.39. The molecule has 1 rings (SSSR count). The molecular formula is C12H26N2. The minimum absolute atomic E-state index is 0.960. The first kappa shape index (κ1) is 12.0. The van der Waals surface area contributed by atoms with E-state index < -0.39 is 0 Å². The summed E-state index contributed by atoms with van der Waals surface area (Å²) in [6.07, 6.45) is 5.77. The molecule has 2 heteroatoms. The summed E-state index contributed by atoms with van der Waals surface area (Å²) in [5.41, 5.74) is 0. The van der Waals surface area contributed by atoms with Crippen LogP contribution in [0.15, 0.2) is 0 Å². The highest BCUT2D eigenvalue weighted by atomic mass is 14.9. The molecule has 0 aromatic carbocycles. The van der Waals surface area contributed by atoms with Gasteiger partial charge in [-0.25, -0.2) is 0 Å². The second-order valence-electron chi connectivity index (χ2n) is 4.51. The maximum atomic E-state index is 3.54. The average molecular weight is 198 g/mol. The molecule has 0 bridgehead atoms. The summed E-state index contributed by atoms with van der Waals surface area (Å²) in [6, 6.07) is 0. The van der Waals surface area contributed by atoms with Crippen LogP contribution in [0, 0.1) is 11.8 Å². The molecule has 0 amide bonds. The van der Waals surface area contributed by atoms with Gasteiger partial charge in [0, 0.05) is 13.1 Å². The molecule has 2 unspecified atom stereocenters. The molecule has 2 N–H and O–H groups in total. The van der Waals surface area contributed by atoms with Crippen molar-refractivity contribution < 1.29 is 0 Å². The molecule has 0 radical (unpaired) electrons. The van der Waals surface area contributed by atoms with E-state index in [2.05, 4.69) is 24.5 Å². The predicted octanol–water partition coefficient (Wildman–Crippen LogP) is 2.01. The molecule has 0 aliphatic heterocycles. The maximum Gasteiger partial charge on any atom is 0.00768 e. The first-order chi connectivity index (χ1) is 6.86. The van der Waals surface area contributed by atoms with Crippen LogP contribution in [0.5, 0.6) is 0 Å². The average Bonchev–Trinajstić information content (AvgIpc) is 2.65. The van der Waals surface area contributed by atoms with Gasteiger partial charge in [-0.3, -0.25) is 0 Å². The van der Waals surface area contributed by atoms with Crippen LogP contribution >= 0.6 is 0 Å². The first-order valence-corrected chi connectivity index (χ1v) is 6.28. The van der Waals surface area contributed by atoms with E-state index in [-0.39, 0.29) is 0 Å². The van der Waals surface area contributed by atoms with Crippen molar-refractivity contribution in [2.75, 3.05) is 26.2 Å². The fourth-order valence-corrected chi connectivity index (χ4v) is 2.39. The van der Waals surface area contributed by atoms with Gasteiger partial charge in [0.15, 0.2) is 0 Å². The molecule has 84 valence electrons. The van der Waals surface area contributed by atoms with E-state index in [4.69, 9.17) is 0 Å². The van der Waals surface area contributed by atoms with Crippen molar-refractivity contribution in [2.45, 2.75) is 39.5 Å². The van der Waals surface area contributed by atoms with Gasteiger partial charge in [0.05, 0.1) is 0 Å². The van der Waals surface area contributed by atoms with Crippen LogP contribution in [0.4, 0.5) is 0 Å². The zero-order chi connectivity index (χ0) is 10.2.